The zero-order chi connectivity index (χ0) is 16.4. The first kappa shape index (κ1) is 16.5. The molecule has 3 nitrogen and oxygen atoms in total. The first-order chi connectivity index (χ1) is 11.0. The first-order valence-corrected chi connectivity index (χ1v) is 8.88. The van der Waals surface area contributed by atoms with Crippen LogP contribution in [-0.4, -0.2) is 10.9 Å². The van der Waals surface area contributed by atoms with Crippen molar-refractivity contribution in [2.45, 2.75) is 0 Å². The monoisotopic (exact) mass is 426 g/mol. The van der Waals surface area contributed by atoms with Crippen LogP contribution < -0.4 is 5.32 Å². The van der Waals surface area contributed by atoms with Crippen LogP contribution in [0.15, 0.2) is 46.9 Å². The van der Waals surface area contributed by atoms with Gasteiger partial charge in [0.1, 0.15) is 0 Å². The summed E-state index contributed by atoms with van der Waals surface area (Å²) in [5.74, 6) is -0.255. The molecular formula is C16H9BrCl2N2OS. The van der Waals surface area contributed by atoms with Gasteiger partial charge in [0.05, 0.1) is 20.3 Å². The van der Waals surface area contributed by atoms with Crippen molar-refractivity contribution < 1.29 is 4.79 Å². The van der Waals surface area contributed by atoms with E-state index in [0.717, 1.165) is 20.3 Å². The Morgan fingerprint density at radius 3 is 2.78 bits per heavy atom. The average molecular weight is 428 g/mol. The number of halogens is 3. The molecule has 0 spiro atoms. The van der Waals surface area contributed by atoms with Crippen LogP contribution in [0.1, 0.15) is 5.56 Å². The van der Waals surface area contributed by atoms with E-state index in [-0.39, 0.29) is 5.91 Å². The van der Waals surface area contributed by atoms with Crippen molar-refractivity contribution in [2.75, 3.05) is 5.32 Å². The second-order valence-electron chi connectivity index (χ2n) is 4.63. The highest BCUT2D eigenvalue weighted by Gasteiger charge is 2.06. The van der Waals surface area contributed by atoms with Gasteiger partial charge in [0, 0.05) is 10.5 Å². The van der Waals surface area contributed by atoms with E-state index in [1.807, 2.05) is 18.2 Å². The Labute approximate surface area is 155 Å². The average Bonchev–Trinajstić information content (AvgIpc) is 2.89. The molecule has 0 aliphatic heterocycles. The van der Waals surface area contributed by atoms with Crippen molar-refractivity contribution in [1.82, 2.24) is 4.98 Å². The molecule has 0 aliphatic rings. The lowest BCUT2D eigenvalue weighted by molar-refractivity contribution is -0.111. The molecule has 0 radical (unpaired) electrons. The smallest absolute Gasteiger partial charge is 0.250 e. The summed E-state index contributed by atoms with van der Waals surface area (Å²) >= 11 is 16.6. The fraction of sp³-hybridized carbons (Fsp3) is 0. The standard InChI is InChI=1S/C16H9BrCl2N2OS/c17-10-3-5-13-14(8-10)23-16(20-13)21-15(22)6-2-9-1-4-11(18)12(19)7-9/h1-8H,(H,20,21,22)/b6-2+. The summed E-state index contributed by atoms with van der Waals surface area (Å²) in [7, 11) is 0. The Morgan fingerprint density at radius 1 is 1.17 bits per heavy atom. The van der Waals surface area contributed by atoms with Gasteiger partial charge < -0.3 is 0 Å². The van der Waals surface area contributed by atoms with Crippen molar-refractivity contribution >= 4 is 77.8 Å². The lowest BCUT2D eigenvalue weighted by Crippen LogP contribution is -2.07. The van der Waals surface area contributed by atoms with Gasteiger partial charge in [0.15, 0.2) is 5.13 Å². The largest absolute Gasteiger partial charge is 0.298 e. The molecule has 0 saturated carbocycles. The minimum Gasteiger partial charge on any atom is -0.298 e. The second-order valence-corrected chi connectivity index (χ2v) is 7.39. The Balaban J connectivity index is 1.72. The number of hydrogen-bond acceptors (Lipinski definition) is 3. The van der Waals surface area contributed by atoms with Gasteiger partial charge in [-0.1, -0.05) is 56.5 Å². The van der Waals surface area contributed by atoms with Gasteiger partial charge in [-0.3, -0.25) is 10.1 Å². The predicted octanol–water partition coefficient (Wildman–Crippen LogP) is 6.02. The van der Waals surface area contributed by atoms with Crippen LogP contribution in [0, 0.1) is 0 Å². The molecule has 23 heavy (non-hydrogen) atoms. The lowest BCUT2D eigenvalue weighted by Gasteiger charge is -1.98. The molecule has 0 atom stereocenters. The molecule has 0 aliphatic carbocycles. The molecule has 1 heterocycles. The normalized spacial score (nSPS) is 11.3. The topological polar surface area (TPSA) is 42.0 Å². The van der Waals surface area contributed by atoms with Gasteiger partial charge in [-0.05, 0) is 42.0 Å². The second kappa shape index (κ2) is 7.01. The summed E-state index contributed by atoms with van der Waals surface area (Å²) in [6.45, 7) is 0. The van der Waals surface area contributed by atoms with Crippen LogP contribution in [0.25, 0.3) is 16.3 Å². The lowest BCUT2D eigenvalue weighted by atomic mass is 10.2. The number of hydrogen-bond donors (Lipinski definition) is 1. The Kier molecular flexibility index (Phi) is 5.02. The van der Waals surface area contributed by atoms with Gasteiger partial charge in [-0.25, -0.2) is 4.98 Å². The molecule has 2 aromatic carbocycles. The number of carbonyl (C=O) groups is 1. The molecule has 7 heteroatoms. The van der Waals surface area contributed by atoms with Gasteiger partial charge in [0.2, 0.25) is 5.91 Å². The van der Waals surface area contributed by atoms with Crippen molar-refractivity contribution in [3.63, 3.8) is 0 Å². The summed E-state index contributed by atoms with van der Waals surface area (Å²) < 4.78 is 1.98. The zero-order valence-electron chi connectivity index (χ0n) is 11.5. The minimum absolute atomic E-state index is 0.255. The number of anilines is 1. The fourth-order valence-corrected chi connectivity index (χ4v) is 3.61. The molecule has 0 bridgehead atoms. The molecule has 1 aromatic heterocycles. The number of fused-ring (bicyclic) bond motifs is 1. The van der Waals surface area contributed by atoms with Crippen molar-refractivity contribution in [3.8, 4) is 0 Å². The molecule has 0 saturated heterocycles. The van der Waals surface area contributed by atoms with E-state index < -0.39 is 0 Å². The predicted molar refractivity (Wildman–Crippen MR) is 101 cm³/mol. The van der Waals surface area contributed by atoms with Crippen molar-refractivity contribution in [2.24, 2.45) is 0 Å². The highest BCUT2D eigenvalue weighted by atomic mass is 79.9. The highest BCUT2D eigenvalue weighted by molar-refractivity contribution is 9.10. The Morgan fingerprint density at radius 2 is 2.00 bits per heavy atom. The quantitative estimate of drug-likeness (QED) is 0.519. The van der Waals surface area contributed by atoms with Gasteiger partial charge in [-0.15, -0.1) is 0 Å². The van der Waals surface area contributed by atoms with E-state index in [1.54, 1.807) is 24.3 Å². The zero-order valence-corrected chi connectivity index (χ0v) is 15.4. The number of nitrogens with one attached hydrogen (secondary N) is 1. The van der Waals surface area contributed by atoms with E-state index in [2.05, 4.69) is 26.2 Å². The summed E-state index contributed by atoms with van der Waals surface area (Å²) in [6.07, 6.45) is 3.10. The maximum Gasteiger partial charge on any atom is 0.250 e. The maximum absolute atomic E-state index is 12.0. The van der Waals surface area contributed by atoms with E-state index in [9.17, 15) is 4.79 Å². The molecule has 3 rings (SSSR count). The van der Waals surface area contributed by atoms with E-state index in [1.165, 1.54) is 17.4 Å². The Bertz CT molecular complexity index is 924. The van der Waals surface area contributed by atoms with Gasteiger partial charge in [-0.2, -0.15) is 0 Å². The number of aromatic nitrogens is 1. The van der Waals surface area contributed by atoms with Gasteiger partial charge in [0.25, 0.3) is 0 Å². The molecule has 0 fully saturated rings. The number of thiazole rings is 1. The van der Waals surface area contributed by atoms with E-state index >= 15 is 0 Å². The number of nitrogens with zero attached hydrogens (tertiary/aromatic N) is 1. The summed E-state index contributed by atoms with van der Waals surface area (Å²) in [5, 5.41) is 4.24. The third-order valence-corrected chi connectivity index (χ3v) is 5.12. The van der Waals surface area contributed by atoms with Crippen molar-refractivity contribution in [1.29, 1.82) is 0 Å². The van der Waals surface area contributed by atoms with Crippen molar-refractivity contribution in [3.05, 3.63) is 62.6 Å². The molecule has 1 amide bonds. The fourth-order valence-electron chi connectivity index (χ4n) is 1.89. The summed E-state index contributed by atoms with van der Waals surface area (Å²) in [6, 6.07) is 11.0. The number of benzene rings is 2. The van der Waals surface area contributed by atoms with Crippen LogP contribution in [-0.2, 0) is 4.79 Å². The molecule has 1 N–H and O–H groups in total. The summed E-state index contributed by atoms with van der Waals surface area (Å²) in [5.41, 5.74) is 1.64. The number of amides is 1. The van der Waals surface area contributed by atoms with Crippen LogP contribution in [0.2, 0.25) is 10.0 Å². The van der Waals surface area contributed by atoms with E-state index in [0.29, 0.717) is 15.2 Å². The third kappa shape index (κ3) is 4.12. The molecular weight excluding hydrogens is 419 g/mol. The van der Waals surface area contributed by atoms with Crippen LogP contribution in [0.4, 0.5) is 5.13 Å². The van der Waals surface area contributed by atoms with E-state index in [4.69, 9.17) is 23.2 Å². The minimum atomic E-state index is -0.255. The highest BCUT2D eigenvalue weighted by Crippen LogP contribution is 2.28. The summed E-state index contributed by atoms with van der Waals surface area (Å²) in [4.78, 5) is 16.3. The third-order valence-electron chi connectivity index (χ3n) is 2.95. The number of rotatable bonds is 3. The molecule has 0 unspecified atom stereocenters. The van der Waals surface area contributed by atoms with Crippen LogP contribution in [0.3, 0.4) is 0 Å². The first-order valence-electron chi connectivity index (χ1n) is 6.51. The Hall–Kier alpha value is -1.40. The number of carbonyl (C=O) groups excluding carboxylic acids is 1. The maximum atomic E-state index is 12.0. The van der Waals surface area contributed by atoms with Gasteiger partial charge >= 0.3 is 0 Å². The SMILES string of the molecule is O=C(/C=C/c1ccc(Cl)c(Cl)c1)Nc1nc2ccc(Br)cc2s1. The van der Waals surface area contributed by atoms with Crippen LogP contribution >= 0.6 is 50.5 Å². The molecule has 3 aromatic rings. The molecule has 116 valence electrons. The van der Waals surface area contributed by atoms with Crippen LogP contribution in [0.5, 0.6) is 0 Å².